The molecule has 45 heavy (non-hydrogen) atoms. The highest BCUT2D eigenvalue weighted by Crippen LogP contribution is 2.36. The largest absolute Gasteiger partial charge is 0.508 e. The van der Waals surface area contributed by atoms with E-state index in [0.29, 0.717) is 12.1 Å². The molecule has 2 aliphatic rings. The van der Waals surface area contributed by atoms with Gasteiger partial charge in [0.15, 0.2) is 0 Å². The van der Waals surface area contributed by atoms with Gasteiger partial charge in [0.25, 0.3) is 0 Å². The van der Waals surface area contributed by atoms with Crippen LogP contribution in [0.1, 0.15) is 60.9 Å². The molecule has 1 saturated heterocycles. The minimum Gasteiger partial charge on any atom is -0.508 e. The minimum atomic E-state index is -4.92. The molecule has 1 heterocycles. The second-order valence-electron chi connectivity index (χ2n) is 11.7. The summed E-state index contributed by atoms with van der Waals surface area (Å²) in [4.78, 5) is 17.5. The van der Waals surface area contributed by atoms with Crippen molar-refractivity contribution >= 4 is 5.91 Å². The fourth-order valence-corrected chi connectivity index (χ4v) is 5.72. The monoisotopic (exact) mass is 638 g/mol. The SMILES string of the molecule is CC(c1ccc(O)cc1)N(CCNCc1cc(C(F)(F)F)cc(C(F)(F)F)c1)C(=O)CNC1CCN(CC2=CC=CCC2)CC1. The number of likely N-dealkylation sites (tertiary alicyclic amines) is 1. The van der Waals surface area contributed by atoms with E-state index < -0.39 is 29.5 Å². The molecule has 0 spiro atoms. The van der Waals surface area contributed by atoms with Crippen LogP contribution >= 0.6 is 0 Å². The van der Waals surface area contributed by atoms with Crippen LogP contribution in [0.4, 0.5) is 26.3 Å². The fraction of sp³-hybridized carbons (Fsp3) is 0.485. The number of halogens is 6. The molecule has 12 heteroatoms. The molecular formula is C33H40F6N4O2. The first-order valence-electron chi connectivity index (χ1n) is 15.2. The number of carbonyl (C=O) groups is 1. The minimum absolute atomic E-state index is 0.0778. The number of piperidine rings is 1. The van der Waals surface area contributed by atoms with E-state index in [1.54, 1.807) is 17.0 Å². The molecule has 0 saturated carbocycles. The van der Waals surface area contributed by atoms with E-state index in [2.05, 4.69) is 33.8 Å². The molecular weight excluding hydrogens is 598 g/mol. The molecule has 0 aromatic heterocycles. The average molecular weight is 639 g/mol. The summed E-state index contributed by atoms with van der Waals surface area (Å²) in [6.45, 7) is 4.79. The number of nitrogens with one attached hydrogen (secondary N) is 2. The number of hydrogen-bond acceptors (Lipinski definition) is 5. The quantitative estimate of drug-likeness (QED) is 0.185. The van der Waals surface area contributed by atoms with Gasteiger partial charge in [-0.05, 0) is 87.2 Å². The van der Waals surface area contributed by atoms with Gasteiger partial charge in [0.2, 0.25) is 5.91 Å². The molecule has 6 nitrogen and oxygen atoms in total. The van der Waals surface area contributed by atoms with Crippen LogP contribution in [-0.4, -0.2) is 66.1 Å². The number of nitrogens with zero attached hydrogens (tertiary/aromatic N) is 2. The summed E-state index contributed by atoms with van der Waals surface area (Å²) in [6.07, 6.45) is 0.581. The third-order valence-electron chi connectivity index (χ3n) is 8.33. The Morgan fingerprint density at radius 1 is 1.02 bits per heavy atom. The van der Waals surface area contributed by atoms with Crippen molar-refractivity contribution in [2.75, 3.05) is 39.3 Å². The first-order valence-corrected chi connectivity index (χ1v) is 15.2. The van der Waals surface area contributed by atoms with E-state index in [-0.39, 0.29) is 55.5 Å². The van der Waals surface area contributed by atoms with Crippen molar-refractivity contribution in [2.45, 2.75) is 63.6 Å². The maximum atomic E-state index is 13.5. The predicted octanol–water partition coefficient (Wildman–Crippen LogP) is 6.44. The lowest BCUT2D eigenvalue weighted by Gasteiger charge is -2.34. The van der Waals surface area contributed by atoms with E-state index in [1.807, 2.05) is 6.92 Å². The van der Waals surface area contributed by atoms with Crippen LogP contribution in [0.5, 0.6) is 5.75 Å². The number of amides is 1. The normalized spacial score (nSPS) is 17.3. The van der Waals surface area contributed by atoms with E-state index in [0.717, 1.165) is 50.9 Å². The number of hydrogen-bond donors (Lipinski definition) is 3. The maximum absolute atomic E-state index is 13.5. The van der Waals surface area contributed by atoms with Crippen molar-refractivity contribution in [3.8, 4) is 5.75 Å². The van der Waals surface area contributed by atoms with Crippen LogP contribution in [0.2, 0.25) is 0 Å². The number of phenolic OH excluding ortho intramolecular Hbond substituents is 1. The van der Waals surface area contributed by atoms with Gasteiger partial charge in [-0.2, -0.15) is 26.3 Å². The standard InChI is InChI=1S/C33H40F6N4O2/c1-23(26-7-9-30(44)10-8-26)43(16-13-40-20-25-17-27(32(34,35)36)19-28(18-25)33(37,38)39)31(45)21-41-29-11-14-42(15-12-29)22-24-5-3-2-4-6-24/h2-3,5,7-10,17-19,23,29,40-41,44H,4,6,11-16,20-22H2,1H3. The van der Waals surface area contributed by atoms with E-state index >= 15 is 0 Å². The molecule has 1 atom stereocenters. The number of aromatic hydroxyl groups is 1. The second kappa shape index (κ2) is 15.3. The number of alkyl halides is 6. The van der Waals surface area contributed by atoms with Crippen molar-refractivity contribution in [1.29, 1.82) is 0 Å². The highest BCUT2D eigenvalue weighted by Gasteiger charge is 2.37. The van der Waals surface area contributed by atoms with Gasteiger partial charge in [-0.25, -0.2) is 0 Å². The molecule has 2 aromatic rings. The van der Waals surface area contributed by atoms with Crippen molar-refractivity contribution in [2.24, 2.45) is 0 Å². The zero-order valence-electron chi connectivity index (χ0n) is 25.2. The van der Waals surface area contributed by atoms with Crippen LogP contribution in [0.15, 0.2) is 66.3 Å². The van der Waals surface area contributed by atoms with Crippen molar-refractivity contribution in [3.63, 3.8) is 0 Å². The van der Waals surface area contributed by atoms with Gasteiger partial charge in [0.1, 0.15) is 5.75 Å². The molecule has 0 bridgehead atoms. The zero-order valence-corrected chi connectivity index (χ0v) is 25.2. The topological polar surface area (TPSA) is 67.8 Å². The van der Waals surface area contributed by atoms with Crippen LogP contribution in [-0.2, 0) is 23.7 Å². The molecule has 1 amide bonds. The molecule has 1 aliphatic heterocycles. The van der Waals surface area contributed by atoms with Crippen LogP contribution in [0.3, 0.4) is 0 Å². The Morgan fingerprint density at radius 3 is 2.24 bits per heavy atom. The molecule has 1 aliphatic carbocycles. The highest BCUT2D eigenvalue weighted by molar-refractivity contribution is 5.78. The summed E-state index contributed by atoms with van der Waals surface area (Å²) < 4.78 is 79.5. The van der Waals surface area contributed by atoms with Crippen molar-refractivity contribution in [1.82, 2.24) is 20.4 Å². The van der Waals surface area contributed by atoms with E-state index in [1.165, 1.54) is 17.7 Å². The van der Waals surface area contributed by atoms with Crippen LogP contribution < -0.4 is 10.6 Å². The summed E-state index contributed by atoms with van der Waals surface area (Å²) in [5.41, 5.74) is -0.695. The first kappa shape index (κ1) is 34.5. The summed E-state index contributed by atoms with van der Waals surface area (Å²) in [6, 6.07) is 7.72. The highest BCUT2D eigenvalue weighted by atomic mass is 19.4. The van der Waals surface area contributed by atoms with Gasteiger partial charge in [-0.1, -0.05) is 35.9 Å². The Balaban J connectivity index is 1.34. The van der Waals surface area contributed by atoms with Gasteiger partial charge in [0.05, 0.1) is 23.7 Å². The Kier molecular flexibility index (Phi) is 11.7. The number of carbonyl (C=O) groups excluding carboxylic acids is 1. The van der Waals surface area contributed by atoms with Gasteiger partial charge in [0, 0.05) is 32.2 Å². The Bertz CT molecular complexity index is 1300. The first-order chi connectivity index (χ1) is 21.3. The summed E-state index contributed by atoms with van der Waals surface area (Å²) in [7, 11) is 0. The second-order valence-corrected chi connectivity index (χ2v) is 11.7. The fourth-order valence-electron chi connectivity index (χ4n) is 5.72. The van der Waals surface area contributed by atoms with Gasteiger partial charge in [-0.15, -0.1) is 0 Å². The number of allylic oxidation sites excluding steroid dienone is 3. The summed E-state index contributed by atoms with van der Waals surface area (Å²) in [5, 5.41) is 16.0. The van der Waals surface area contributed by atoms with Gasteiger partial charge >= 0.3 is 12.4 Å². The number of rotatable bonds is 12. The summed E-state index contributed by atoms with van der Waals surface area (Å²) >= 11 is 0. The molecule has 4 rings (SSSR count). The van der Waals surface area contributed by atoms with Crippen LogP contribution in [0.25, 0.3) is 0 Å². The molecule has 246 valence electrons. The molecule has 1 fully saturated rings. The Morgan fingerprint density at radius 2 is 1.67 bits per heavy atom. The van der Waals surface area contributed by atoms with Gasteiger partial charge < -0.3 is 20.6 Å². The number of phenols is 1. The van der Waals surface area contributed by atoms with Gasteiger partial charge in [-0.3, -0.25) is 9.69 Å². The lowest BCUT2D eigenvalue weighted by molar-refractivity contribution is -0.143. The van der Waals surface area contributed by atoms with Crippen molar-refractivity contribution < 1.29 is 36.2 Å². The third kappa shape index (κ3) is 10.3. The number of benzene rings is 2. The smallest absolute Gasteiger partial charge is 0.416 e. The van der Waals surface area contributed by atoms with E-state index in [4.69, 9.17) is 0 Å². The third-order valence-corrected chi connectivity index (χ3v) is 8.33. The molecule has 1 unspecified atom stereocenters. The van der Waals surface area contributed by atoms with Crippen LogP contribution in [0, 0.1) is 0 Å². The van der Waals surface area contributed by atoms with E-state index in [9.17, 15) is 36.2 Å². The maximum Gasteiger partial charge on any atom is 0.416 e. The Hall–Kier alpha value is -3.35. The predicted molar refractivity (Wildman–Crippen MR) is 160 cm³/mol. The lowest BCUT2D eigenvalue weighted by atomic mass is 10.0. The lowest BCUT2D eigenvalue weighted by Crippen LogP contribution is -2.48. The molecule has 2 aromatic carbocycles. The zero-order chi connectivity index (χ0) is 32.6. The Labute approximate surface area is 259 Å². The van der Waals surface area contributed by atoms with Crippen molar-refractivity contribution in [3.05, 3.63) is 88.5 Å². The average Bonchev–Trinajstić information content (AvgIpc) is 3.00. The molecule has 0 radical (unpaired) electrons. The molecule has 3 N–H and O–H groups in total. The summed E-state index contributed by atoms with van der Waals surface area (Å²) in [5.74, 6) is -0.105.